The first-order chi connectivity index (χ1) is 18.2. The van der Waals surface area contributed by atoms with Crippen molar-refractivity contribution in [2.75, 3.05) is 33.8 Å². The van der Waals surface area contributed by atoms with Crippen LogP contribution in [0.25, 0.3) is 0 Å². The number of aryl methyl sites for hydroxylation is 3. The van der Waals surface area contributed by atoms with Gasteiger partial charge in [0, 0.05) is 19.5 Å². The Hall–Kier alpha value is -3.20. The molecule has 0 saturated carbocycles. The Labute approximate surface area is 226 Å². The van der Waals surface area contributed by atoms with Crippen LogP contribution in [0.4, 0.5) is 0 Å². The maximum Gasteiger partial charge on any atom is 0.303 e. The van der Waals surface area contributed by atoms with Gasteiger partial charge in [0.1, 0.15) is 5.75 Å². The van der Waals surface area contributed by atoms with Crippen LogP contribution in [0.3, 0.4) is 0 Å². The van der Waals surface area contributed by atoms with Gasteiger partial charge in [0.15, 0.2) is 0 Å². The van der Waals surface area contributed by atoms with E-state index in [0.717, 1.165) is 53.8 Å². The zero-order valence-electron chi connectivity index (χ0n) is 22.2. The summed E-state index contributed by atoms with van der Waals surface area (Å²) in [5, 5.41) is 9.16. The number of rotatable bonds is 16. The molecule has 3 rings (SSSR count). The molecule has 0 fully saturated rings. The number of nitrogens with one attached hydrogen (secondary N) is 1. The lowest BCUT2D eigenvalue weighted by atomic mass is 9.96. The predicted octanol–water partition coefficient (Wildman–Crippen LogP) is 4.34. The van der Waals surface area contributed by atoms with Crippen LogP contribution >= 0.6 is 0 Å². The van der Waals surface area contributed by atoms with E-state index in [1.807, 2.05) is 38.4 Å². The number of carbonyl (C=O) groups is 1. The summed E-state index contributed by atoms with van der Waals surface area (Å²) in [4.78, 5) is 13.5. The molecular weight excluding hydrogens is 500 g/mol. The number of sulfonamides is 1. The number of carboxylic acids is 1. The number of aliphatic carboxylic acids is 1. The number of ether oxygens (including phenoxy) is 1. The van der Waals surface area contributed by atoms with E-state index in [1.165, 1.54) is 0 Å². The molecule has 0 aliphatic rings. The molecule has 0 atom stereocenters. The van der Waals surface area contributed by atoms with Crippen LogP contribution in [0, 0.1) is 0 Å². The molecule has 0 heterocycles. The molecule has 0 aliphatic heterocycles. The van der Waals surface area contributed by atoms with E-state index >= 15 is 0 Å². The average molecular weight is 539 g/mol. The van der Waals surface area contributed by atoms with E-state index in [-0.39, 0.29) is 17.9 Å². The summed E-state index contributed by atoms with van der Waals surface area (Å²) in [6.45, 7) is 1.88. The summed E-state index contributed by atoms with van der Waals surface area (Å²) in [5.41, 5.74) is 4.15. The van der Waals surface area contributed by atoms with Gasteiger partial charge in [-0.25, -0.2) is 13.1 Å². The fourth-order valence-electron chi connectivity index (χ4n) is 4.23. The highest BCUT2D eigenvalue weighted by Crippen LogP contribution is 2.22. The Morgan fingerprint density at radius 3 is 2.18 bits per heavy atom. The summed E-state index contributed by atoms with van der Waals surface area (Å²) in [6, 6.07) is 22.5. The quantitative estimate of drug-likeness (QED) is 0.264. The average Bonchev–Trinajstić information content (AvgIpc) is 2.89. The zero-order valence-corrected chi connectivity index (χ0v) is 23.0. The van der Waals surface area contributed by atoms with E-state index in [9.17, 15) is 13.2 Å². The third kappa shape index (κ3) is 9.93. The molecule has 2 N–H and O–H groups in total. The molecule has 0 aliphatic carbocycles. The third-order valence-corrected chi connectivity index (χ3v) is 7.64. The largest absolute Gasteiger partial charge is 0.493 e. The first-order valence-electron chi connectivity index (χ1n) is 13.0. The minimum Gasteiger partial charge on any atom is -0.493 e. The first kappa shape index (κ1) is 29.4. The summed E-state index contributed by atoms with van der Waals surface area (Å²) in [5.74, 6) is 0.0525. The van der Waals surface area contributed by atoms with Crippen molar-refractivity contribution in [2.24, 2.45) is 0 Å². The van der Waals surface area contributed by atoms with Crippen molar-refractivity contribution in [3.8, 4) is 5.75 Å². The Morgan fingerprint density at radius 2 is 1.50 bits per heavy atom. The van der Waals surface area contributed by atoms with Crippen LogP contribution < -0.4 is 9.46 Å². The molecule has 0 radical (unpaired) electrons. The van der Waals surface area contributed by atoms with Gasteiger partial charge >= 0.3 is 5.97 Å². The second-order valence-electron chi connectivity index (χ2n) is 9.63. The predicted molar refractivity (Wildman–Crippen MR) is 150 cm³/mol. The fraction of sp³-hybridized carbons (Fsp3) is 0.367. The second kappa shape index (κ2) is 14.7. The van der Waals surface area contributed by atoms with E-state index in [4.69, 9.17) is 9.84 Å². The van der Waals surface area contributed by atoms with E-state index < -0.39 is 16.0 Å². The SMILES string of the molecule is CN(C)CCCOc1ccccc1CCc1cc(CCNS(=O)(=O)c2ccccc2)cc(CCC(=O)O)c1. The smallest absolute Gasteiger partial charge is 0.303 e. The highest BCUT2D eigenvalue weighted by Gasteiger charge is 2.13. The molecule has 3 aromatic carbocycles. The van der Waals surface area contributed by atoms with E-state index in [2.05, 4.69) is 27.8 Å². The molecule has 0 aromatic heterocycles. The van der Waals surface area contributed by atoms with Crippen LogP contribution in [0.1, 0.15) is 35.1 Å². The number of nitrogens with zero attached hydrogens (tertiary/aromatic N) is 1. The monoisotopic (exact) mass is 538 g/mol. The molecule has 0 bridgehead atoms. The zero-order chi connectivity index (χ0) is 27.4. The lowest BCUT2D eigenvalue weighted by molar-refractivity contribution is -0.136. The van der Waals surface area contributed by atoms with E-state index in [0.29, 0.717) is 19.4 Å². The summed E-state index contributed by atoms with van der Waals surface area (Å²) >= 11 is 0. The minimum absolute atomic E-state index is 0.0488. The summed E-state index contributed by atoms with van der Waals surface area (Å²) in [6.07, 6.45) is 3.48. The number of benzene rings is 3. The van der Waals surface area contributed by atoms with Crippen molar-refractivity contribution < 1.29 is 23.1 Å². The molecule has 0 amide bonds. The second-order valence-corrected chi connectivity index (χ2v) is 11.4. The molecular formula is C30H38N2O5S. The number of carboxylic acid groups (broad SMARTS) is 1. The fourth-order valence-corrected chi connectivity index (χ4v) is 5.28. The van der Waals surface area contributed by atoms with Crippen molar-refractivity contribution in [1.29, 1.82) is 0 Å². The van der Waals surface area contributed by atoms with Crippen LogP contribution in [0.15, 0.2) is 77.7 Å². The highest BCUT2D eigenvalue weighted by molar-refractivity contribution is 7.89. The van der Waals surface area contributed by atoms with E-state index in [1.54, 1.807) is 30.3 Å². The van der Waals surface area contributed by atoms with Gasteiger partial charge in [0.2, 0.25) is 10.0 Å². The Balaban J connectivity index is 1.67. The number of hydrogen-bond donors (Lipinski definition) is 2. The summed E-state index contributed by atoms with van der Waals surface area (Å²) in [7, 11) is 0.511. The van der Waals surface area contributed by atoms with Gasteiger partial charge in [-0.15, -0.1) is 0 Å². The van der Waals surface area contributed by atoms with Crippen LogP contribution in [0.2, 0.25) is 0 Å². The standard InChI is InChI=1S/C30H38N2O5S/c1-32(2)19-8-20-37-29-12-7-6-9-27(29)15-13-24-21-25(14-16-30(33)34)23-26(22-24)17-18-31-38(35,36)28-10-4-3-5-11-28/h3-7,9-12,21-23,31H,8,13-20H2,1-2H3,(H,33,34). The molecule has 204 valence electrons. The molecule has 0 unspecified atom stereocenters. The van der Waals surface area contributed by atoms with Crippen LogP contribution in [0.5, 0.6) is 5.75 Å². The third-order valence-electron chi connectivity index (χ3n) is 6.16. The van der Waals surface area contributed by atoms with Gasteiger partial charge in [-0.3, -0.25) is 4.79 Å². The highest BCUT2D eigenvalue weighted by atomic mass is 32.2. The van der Waals surface area contributed by atoms with Crippen molar-refractivity contribution in [1.82, 2.24) is 9.62 Å². The first-order valence-corrected chi connectivity index (χ1v) is 14.4. The van der Waals surface area contributed by atoms with Crippen molar-refractivity contribution in [2.45, 2.75) is 43.4 Å². The van der Waals surface area contributed by atoms with Crippen LogP contribution in [-0.4, -0.2) is 58.2 Å². The molecule has 3 aromatic rings. The lowest BCUT2D eigenvalue weighted by Crippen LogP contribution is -2.26. The minimum atomic E-state index is -3.58. The Kier molecular flexibility index (Phi) is 11.3. The van der Waals surface area contributed by atoms with Crippen molar-refractivity contribution >= 4 is 16.0 Å². The van der Waals surface area contributed by atoms with Gasteiger partial charge < -0.3 is 14.7 Å². The van der Waals surface area contributed by atoms with Crippen molar-refractivity contribution in [3.05, 3.63) is 95.1 Å². The van der Waals surface area contributed by atoms with Crippen LogP contribution in [-0.2, 0) is 40.5 Å². The van der Waals surface area contributed by atoms with Gasteiger partial charge in [-0.1, -0.05) is 54.6 Å². The Bertz CT molecular complexity index is 1280. The maximum absolute atomic E-state index is 12.6. The number of para-hydroxylation sites is 1. The molecule has 7 nitrogen and oxygen atoms in total. The Morgan fingerprint density at radius 1 is 0.868 bits per heavy atom. The maximum atomic E-state index is 12.6. The van der Waals surface area contributed by atoms with Gasteiger partial charge in [0.05, 0.1) is 11.5 Å². The van der Waals surface area contributed by atoms with Gasteiger partial charge in [-0.2, -0.15) is 0 Å². The van der Waals surface area contributed by atoms with Gasteiger partial charge in [-0.05, 0) is 86.7 Å². The molecule has 8 heteroatoms. The molecule has 0 saturated heterocycles. The van der Waals surface area contributed by atoms with Crippen molar-refractivity contribution in [3.63, 3.8) is 0 Å². The molecule has 0 spiro atoms. The topological polar surface area (TPSA) is 95.9 Å². The van der Waals surface area contributed by atoms with Gasteiger partial charge in [0.25, 0.3) is 0 Å². The number of hydrogen-bond acceptors (Lipinski definition) is 5. The lowest BCUT2D eigenvalue weighted by Gasteiger charge is -2.14. The summed E-state index contributed by atoms with van der Waals surface area (Å²) < 4.78 is 33.8. The molecule has 38 heavy (non-hydrogen) atoms. The normalized spacial score (nSPS) is 11.6.